The van der Waals surface area contributed by atoms with Crippen LogP contribution in [0.3, 0.4) is 0 Å². The summed E-state index contributed by atoms with van der Waals surface area (Å²) in [5.74, 6) is -0.424. The molecule has 1 aromatic carbocycles. The van der Waals surface area contributed by atoms with Gasteiger partial charge in [0.05, 0.1) is 5.02 Å². The second-order valence-electron chi connectivity index (χ2n) is 5.17. The molecule has 0 heterocycles. The minimum Gasteiger partial charge on any atom is -0.328 e. The Hall–Kier alpha value is -0.930. The van der Waals surface area contributed by atoms with Crippen molar-refractivity contribution in [1.29, 1.82) is 0 Å². The molecule has 0 radical (unpaired) electrons. The van der Waals surface area contributed by atoms with Gasteiger partial charge >= 0.3 is 0 Å². The van der Waals surface area contributed by atoms with E-state index < -0.39 is 5.82 Å². The third kappa shape index (κ3) is 5.29. The van der Waals surface area contributed by atoms with Gasteiger partial charge in [0.15, 0.2) is 0 Å². The number of carbonyl (C=O) groups excluding carboxylic acids is 1. The summed E-state index contributed by atoms with van der Waals surface area (Å²) < 4.78 is 13.3. The topological polar surface area (TPSA) is 43.1 Å². The zero-order valence-electron chi connectivity index (χ0n) is 11.5. The van der Waals surface area contributed by atoms with Gasteiger partial charge in [-0.3, -0.25) is 4.79 Å². The van der Waals surface area contributed by atoms with Crippen molar-refractivity contribution in [2.75, 3.05) is 0 Å². The Balaban J connectivity index is 2.52. The summed E-state index contributed by atoms with van der Waals surface area (Å²) in [7, 11) is 0. The number of ketones is 1. The first-order valence-corrected chi connectivity index (χ1v) is 7.00. The number of halogens is 2. The van der Waals surface area contributed by atoms with Gasteiger partial charge in [-0.1, -0.05) is 37.1 Å². The molecule has 4 heteroatoms. The van der Waals surface area contributed by atoms with Crippen molar-refractivity contribution in [3.8, 4) is 0 Å². The molecule has 2 unspecified atom stereocenters. The Morgan fingerprint density at radius 3 is 2.68 bits per heavy atom. The first kappa shape index (κ1) is 16.1. The standard InChI is InChI=1S/C15H21ClFNO/c1-10(5-3-6-11(2)18)14(19)9-12-7-4-8-13(17)15(12)16/h4,7-8,10-11H,3,5-6,9,18H2,1-2H3. The van der Waals surface area contributed by atoms with Crippen molar-refractivity contribution in [2.24, 2.45) is 11.7 Å². The first-order valence-electron chi connectivity index (χ1n) is 6.63. The molecule has 106 valence electrons. The van der Waals surface area contributed by atoms with E-state index in [4.69, 9.17) is 17.3 Å². The van der Waals surface area contributed by atoms with Crippen molar-refractivity contribution >= 4 is 17.4 Å². The van der Waals surface area contributed by atoms with E-state index in [1.54, 1.807) is 12.1 Å². The molecular weight excluding hydrogens is 265 g/mol. The molecule has 0 amide bonds. The highest BCUT2D eigenvalue weighted by atomic mass is 35.5. The Bertz CT molecular complexity index is 434. The van der Waals surface area contributed by atoms with E-state index >= 15 is 0 Å². The first-order chi connectivity index (χ1) is 8.91. The van der Waals surface area contributed by atoms with Crippen LogP contribution >= 0.6 is 11.6 Å². The van der Waals surface area contributed by atoms with Gasteiger partial charge in [0.2, 0.25) is 0 Å². The number of nitrogens with two attached hydrogens (primary N) is 1. The lowest BCUT2D eigenvalue weighted by molar-refractivity contribution is -0.121. The minimum absolute atomic E-state index is 0.0434. The van der Waals surface area contributed by atoms with Crippen LogP contribution in [0, 0.1) is 11.7 Å². The molecule has 0 aromatic heterocycles. The monoisotopic (exact) mass is 285 g/mol. The Morgan fingerprint density at radius 2 is 2.05 bits per heavy atom. The fraction of sp³-hybridized carbons (Fsp3) is 0.533. The number of carbonyl (C=O) groups is 1. The molecular formula is C15H21ClFNO. The fourth-order valence-electron chi connectivity index (χ4n) is 1.95. The summed E-state index contributed by atoms with van der Waals surface area (Å²) in [5, 5.41) is 0.0543. The van der Waals surface area contributed by atoms with E-state index in [-0.39, 0.29) is 29.2 Å². The molecule has 0 aliphatic carbocycles. The molecule has 0 saturated heterocycles. The van der Waals surface area contributed by atoms with E-state index in [1.807, 2.05) is 13.8 Å². The van der Waals surface area contributed by atoms with Crippen LogP contribution in [0.1, 0.15) is 38.7 Å². The summed E-state index contributed by atoms with van der Waals surface area (Å²) in [6.07, 6.45) is 2.85. The molecule has 19 heavy (non-hydrogen) atoms. The third-order valence-corrected chi connectivity index (χ3v) is 3.67. The summed E-state index contributed by atoms with van der Waals surface area (Å²) in [5.41, 5.74) is 6.23. The molecule has 1 rings (SSSR count). The van der Waals surface area contributed by atoms with Crippen LogP contribution in [0.2, 0.25) is 5.02 Å². The van der Waals surface area contributed by atoms with Gasteiger partial charge in [-0.15, -0.1) is 0 Å². The highest BCUT2D eigenvalue weighted by molar-refractivity contribution is 6.31. The fourth-order valence-corrected chi connectivity index (χ4v) is 2.15. The number of rotatable bonds is 7. The second kappa shape index (κ2) is 7.61. The number of hydrogen-bond acceptors (Lipinski definition) is 2. The molecule has 0 fully saturated rings. The van der Waals surface area contributed by atoms with Crippen LogP contribution in [0.5, 0.6) is 0 Å². The van der Waals surface area contributed by atoms with Gasteiger partial charge in [0, 0.05) is 18.4 Å². The van der Waals surface area contributed by atoms with Crippen molar-refractivity contribution in [2.45, 2.75) is 45.6 Å². The quantitative estimate of drug-likeness (QED) is 0.829. The largest absolute Gasteiger partial charge is 0.328 e. The van der Waals surface area contributed by atoms with E-state index in [9.17, 15) is 9.18 Å². The van der Waals surface area contributed by atoms with Gasteiger partial charge in [-0.2, -0.15) is 0 Å². The summed E-state index contributed by atoms with van der Waals surface area (Å²) in [6, 6.07) is 4.73. The molecule has 0 bridgehead atoms. The Morgan fingerprint density at radius 1 is 1.37 bits per heavy atom. The number of benzene rings is 1. The van der Waals surface area contributed by atoms with Crippen molar-refractivity contribution in [3.63, 3.8) is 0 Å². The highest BCUT2D eigenvalue weighted by Crippen LogP contribution is 2.22. The Kier molecular flexibility index (Phi) is 6.46. The lowest BCUT2D eigenvalue weighted by Crippen LogP contribution is -2.17. The predicted molar refractivity (Wildman–Crippen MR) is 76.8 cm³/mol. The molecule has 2 atom stereocenters. The average Bonchev–Trinajstić information content (AvgIpc) is 2.34. The average molecular weight is 286 g/mol. The maximum absolute atomic E-state index is 13.3. The highest BCUT2D eigenvalue weighted by Gasteiger charge is 2.16. The maximum atomic E-state index is 13.3. The normalized spacial score (nSPS) is 14.2. The lowest BCUT2D eigenvalue weighted by Gasteiger charge is -2.12. The zero-order chi connectivity index (χ0) is 14.4. The molecule has 2 N–H and O–H groups in total. The van der Waals surface area contributed by atoms with E-state index in [1.165, 1.54) is 6.07 Å². The van der Waals surface area contributed by atoms with Gasteiger partial charge in [0.1, 0.15) is 11.6 Å². The van der Waals surface area contributed by atoms with Crippen LogP contribution < -0.4 is 5.73 Å². The van der Waals surface area contributed by atoms with E-state index in [0.29, 0.717) is 5.56 Å². The number of Topliss-reactive ketones (excluding diaryl/α,β-unsaturated/α-hetero) is 1. The van der Waals surface area contributed by atoms with Crippen molar-refractivity contribution in [1.82, 2.24) is 0 Å². The third-order valence-electron chi connectivity index (χ3n) is 3.24. The molecule has 0 aliphatic rings. The van der Waals surface area contributed by atoms with Crippen LogP contribution in [0.25, 0.3) is 0 Å². The van der Waals surface area contributed by atoms with Crippen molar-refractivity contribution < 1.29 is 9.18 Å². The van der Waals surface area contributed by atoms with Crippen LogP contribution in [0.4, 0.5) is 4.39 Å². The minimum atomic E-state index is -0.475. The molecule has 2 nitrogen and oxygen atoms in total. The summed E-state index contributed by atoms with van der Waals surface area (Å²) in [6.45, 7) is 3.86. The summed E-state index contributed by atoms with van der Waals surface area (Å²) >= 11 is 5.84. The summed E-state index contributed by atoms with van der Waals surface area (Å²) in [4.78, 5) is 12.0. The molecule has 1 aromatic rings. The van der Waals surface area contributed by atoms with E-state index in [0.717, 1.165) is 19.3 Å². The molecule has 0 saturated carbocycles. The van der Waals surface area contributed by atoms with Gasteiger partial charge in [-0.05, 0) is 31.4 Å². The smallest absolute Gasteiger partial charge is 0.142 e. The number of hydrogen-bond donors (Lipinski definition) is 1. The van der Waals surface area contributed by atoms with Crippen molar-refractivity contribution in [3.05, 3.63) is 34.6 Å². The van der Waals surface area contributed by atoms with Gasteiger partial charge in [0.25, 0.3) is 0 Å². The van der Waals surface area contributed by atoms with Crippen LogP contribution in [-0.4, -0.2) is 11.8 Å². The van der Waals surface area contributed by atoms with Crippen LogP contribution in [0.15, 0.2) is 18.2 Å². The maximum Gasteiger partial charge on any atom is 0.142 e. The van der Waals surface area contributed by atoms with Gasteiger partial charge in [-0.25, -0.2) is 4.39 Å². The molecule has 0 aliphatic heterocycles. The predicted octanol–water partition coefficient (Wildman–Crippen LogP) is 3.74. The van der Waals surface area contributed by atoms with Crippen LogP contribution in [-0.2, 0) is 11.2 Å². The SMILES string of the molecule is CC(N)CCCC(C)C(=O)Cc1cccc(F)c1Cl. The van der Waals surface area contributed by atoms with E-state index in [2.05, 4.69) is 0 Å². The Labute approximate surface area is 119 Å². The lowest BCUT2D eigenvalue weighted by atomic mass is 9.94. The van der Waals surface area contributed by atoms with Gasteiger partial charge < -0.3 is 5.73 Å². The molecule has 0 spiro atoms. The zero-order valence-corrected chi connectivity index (χ0v) is 12.2. The second-order valence-corrected chi connectivity index (χ2v) is 5.54.